The Balaban J connectivity index is 1.97. The standard InChI is InChI=1S/C16H15N5O/c1-2-6-12-9-18-14-13(19-12)15(21-16(17)20-14)22-10-11-7-4-3-5-8-11/h2-9H,10H2,1H3,(H2,17,18,20,21)/b6-2+. The second kappa shape index (κ2) is 6.17. The monoisotopic (exact) mass is 293 g/mol. The Kier molecular flexibility index (Phi) is 3.91. The van der Waals surface area contributed by atoms with Crippen LogP contribution in [0.25, 0.3) is 17.2 Å². The minimum atomic E-state index is 0.114. The molecule has 3 aromatic rings. The van der Waals surface area contributed by atoms with Gasteiger partial charge in [-0.15, -0.1) is 0 Å². The number of rotatable bonds is 4. The molecule has 6 nitrogen and oxygen atoms in total. The van der Waals surface area contributed by atoms with Crippen molar-refractivity contribution in [2.24, 2.45) is 0 Å². The number of aromatic nitrogens is 4. The molecule has 0 amide bonds. The molecule has 0 aliphatic carbocycles. The quantitative estimate of drug-likeness (QED) is 0.795. The van der Waals surface area contributed by atoms with Crippen molar-refractivity contribution in [2.75, 3.05) is 5.73 Å². The minimum absolute atomic E-state index is 0.114. The molecule has 22 heavy (non-hydrogen) atoms. The Morgan fingerprint density at radius 1 is 1.14 bits per heavy atom. The summed E-state index contributed by atoms with van der Waals surface area (Å²) in [7, 11) is 0. The normalized spacial score (nSPS) is 11.1. The van der Waals surface area contributed by atoms with Crippen molar-refractivity contribution >= 4 is 23.2 Å². The maximum Gasteiger partial charge on any atom is 0.247 e. The zero-order valence-corrected chi connectivity index (χ0v) is 12.1. The largest absolute Gasteiger partial charge is 0.471 e. The topological polar surface area (TPSA) is 86.8 Å². The highest BCUT2D eigenvalue weighted by Gasteiger charge is 2.11. The number of nitrogens with zero attached hydrogens (tertiary/aromatic N) is 4. The van der Waals surface area contributed by atoms with E-state index in [1.165, 1.54) is 0 Å². The molecule has 0 saturated heterocycles. The number of nitrogens with two attached hydrogens (primary N) is 1. The van der Waals surface area contributed by atoms with Gasteiger partial charge in [0, 0.05) is 0 Å². The highest BCUT2D eigenvalue weighted by Crippen LogP contribution is 2.21. The molecule has 3 rings (SSSR count). The summed E-state index contributed by atoms with van der Waals surface area (Å²) in [6.07, 6.45) is 5.37. The van der Waals surface area contributed by atoms with Crippen LogP contribution in [0.4, 0.5) is 5.95 Å². The molecule has 0 bridgehead atoms. The summed E-state index contributed by atoms with van der Waals surface area (Å²) in [5, 5.41) is 0. The van der Waals surface area contributed by atoms with E-state index in [1.54, 1.807) is 6.20 Å². The smallest absolute Gasteiger partial charge is 0.247 e. The van der Waals surface area contributed by atoms with Gasteiger partial charge >= 0.3 is 0 Å². The lowest BCUT2D eigenvalue weighted by molar-refractivity contribution is 0.297. The summed E-state index contributed by atoms with van der Waals surface area (Å²) >= 11 is 0. The zero-order valence-electron chi connectivity index (χ0n) is 12.1. The second-order valence-corrected chi connectivity index (χ2v) is 4.63. The van der Waals surface area contributed by atoms with Crippen LogP contribution in [0.3, 0.4) is 0 Å². The van der Waals surface area contributed by atoms with Crippen LogP contribution in [-0.4, -0.2) is 19.9 Å². The summed E-state index contributed by atoms with van der Waals surface area (Å²) in [6, 6.07) is 9.81. The van der Waals surface area contributed by atoms with E-state index in [2.05, 4.69) is 19.9 Å². The van der Waals surface area contributed by atoms with E-state index < -0.39 is 0 Å². The van der Waals surface area contributed by atoms with Crippen LogP contribution in [0.5, 0.6) is 5.88 Å². The molecule has 1 aromatic carbocycles. The SMILES string of the molecule is C/C=C/c1cnc2nc(N)nc(OCc3ccccc3)c2n1. The van der Waals surface area contributed by atoms with Gasteiger partial charge in [-0.05, 0) is 18.6 Å². The number of ether oxygens (including phenoxy) is 1. The number of benzene rings is 1. The van der Waals surface area contributed by atoms with Crippen LogP contribution in [0.15, 0.2) is 42.6 Å². The lowest BCUT2D eigenvalue weighted by Gasteiger charge is -2.08. The molecule has 0 fully saturated rings. The molecule has 0 aliphatic heterocycles. The minimum Gasteiger partial charge on any atom is -0.471 e. The first-order valence-corrected chi connectivity index (χ1v) is 6.86. The highest BCUT2D eigenvalue weighted by atomic mass is 16.5. The predicted octanol–water partition coefficient (Wildman–Crippen LogP) is 2.61. The van der Waals surface area contributed by atoms with Gasteiger partial charge in [0.05, 0.1) is 11.9 Å². The van der Waals surface area contributed by atoms with E-state index in [4.69, 9.17) is 10.5 Å². The van der Waals surface area contributed by atoms with E-state index in [9.17, 15) is 0 Å². The van der Waals surface area contributed by atoms with E-state index in [0.29, 0.717) is 29.3 Å². The summed E-state index contributed by atoms with van der Waals surface area (Å²) in [6.45, 7) is 2.29. The van der Waals surface area contributed by atoms with Gasteiger partial charge in [-0.25, -0.2) is 9.97 Å². The number of hydrogen-bond donors (Lipinski definition) is 1. The van der Waals surface area contributed by atoms with Gasteiger partial charge in [0.1, 0.15) is 6.61 Å². The van der Waals surface area contributed by atoms with Gasteiger partial charge in [0.15, 0.2) is 11.2 Å². The molecule has 0 radical (unpaired) electrons. The van der Waals surface area contributed by atoms with Crippen LogP contribution in [0.2, 0.25) is 0 Å². The summed E-state index contributed by atoms with van der Waals surface area (Å²) in [5.41, 5.74) is 8.38. The summed E-state index contributed by atoms with van der Waals surface area (Å²) < 4.78 is 5.76. The zero-order chi connectivity index (χ0) is 15.4. The fourth-order valence-electron chi connectivity index (χ4n) is 1.99. The van der Waals surface area contributed by atoms with Crippen molar-refractivity contribution in [1.82, 2.24) is 19.9 Å². The van der Waals surface area contributed by atoms with Crippen LogP contribution in [-0.2, 0) is 6.61 Å². The maximum absolute atomic E-state index is 5.76. The van der Waals surface area contributed by atoms with Crippen molar-refractivity contribution in [1.29, 1.82) is 0 Å². The number of allylic oxidation sites excluding steroid dienone is 1. The van der Waals surface area contributed by atoms with Gasteiger partial charge in [-0.3, -0.25) is 0 Å². The average molecular weight is 293 g/mol. The molecule has 2 heterocycles. The molecule has 0 aliphatic rings. The lowest BCUT2D eigenvalue weighted by atomic mass is 10.2. The number of anilines is 1. The van der Waals surface area contributed by atoms with Crippen molar-refractivity contribution in [3.05, 3.63) is 53.9 Å². The first-order valence-electron chi connectivity index (χ1n) is 6.86. The molecule has 0 unspecified atom stereocenters. The first-order chi connectivity index (χ1) is 10.8. The average Bonchev–Trinajstić information content (AvgIpc) is 2.54. The maximum atomic E-state index is 5.76. The number of nitrogen functional groups attached to an aromatic ring is 1. The van der Waals surface area contributed by atoms with Gasteiger partial charge in [-0.2, -0.15) is 9.97 Å². The summed E-state index contributed by atoms with van der Waals surface area (Å²) in [5.74, 6) is 0.453. The van der Waals surface area contributed by atoms with Crippen molar-refractivity contribution in [2.45, 2.75) is 13.5 Å². The Labute approximate surface area is 127 Å². The van der Waals surface area contributed by atoms with Crippen molar-refractivity contribution < 1.29 is 4.74 Å². The third-order valence-corrected chi connectivity index (χ3v) is 2.97. The van der Waals surface area contributed by atoms with E-state index in [0.717, 1.165) is 5.56 Å². The third-order valence-electron chi connectivity index (χ3n) is 2.97. The molecule has 6 heteroatoms. The molecule has 0 saturated carbocycles. The van der Waals surface area contributed by atoms with Crippen LogP contribution < -0.4 is 10.5 Å². The fraction of sp³-hybridized carbons (Fsp3) is 0.125. The predicted molar refractivity (Wildman–Crippen MR) is 85.0 cm³/mol. The van der Waals surface area contributed by atoms with Gasteiger partial charge in [0.25, 0.3) is 0 Å². The molecule has 2 aromatic heterocycles. The van der Waals surface area contributed by atoms with E-state index in [1.807, 2.05) is 49.4 Å². The molecular weight excluding hydrogens is 278 g/mol. The van der Waals surface area contributed by atoms with Gasteiger partial charge in [-0.1, -0.05) is 36.4 Å². The van der Waals surface area contributed by atoms with E-state index >= 15 is 0 Å². The van der Waals surface area contributed by atoms with Crippen LogP contribution in [0.1, 0.15) is 18.2 Å². The Hall–Kier alpha value is -3.02. The van der Waals surface area contributed by atoms with Gasteiger partial charge in [0.2, 0.25) is 11.8 Å². The molecule has 2 N–H and O–H groups in total. The van der Waals surface area contributed by atoms with Gasteiger partial charge < -0.3 is 10.5 Å². The Bertz CT molecular complexity index is 817. The van der Waals surface area contributed by atoms with E-state index in [-0.39, 0.29) is 5.95 Å². The molecular formula is C16H15N5O. The first kappa shape index (κ1) is 13.9. The molecule has 110 valence electrons. The van der Waals surface area contributed by atoms with Crippen molar-refractivity contribution in [3.63, 3.8) is 0 Å². The van der Waals surface area contributed by atoms with Crippen LogP contribution in [0, 0.1) is 0 Å². The molecule has 0 spiro atoms. The Morgan fingerprint density at radius 2 is 1.95 bits per heavy atom. The fourth-order valence-corrected chi connectivity index (χ4v) is 1.99. The lowest BCUT2D eigenvalue weighted by Crippen LogP contribution is -2.04. The second-order valence-electron chi connectivity index (χ2n) is 4.63. The Morgan fingerprint density at radius 3 is 2.73 bits per heavy atom. The van der Waals surface area contributed by atoms with Crippen LogP contribution >= 0.6 is 0 Å². The summed E-state index contributed by atoms with van der Waals surface area (Å²) in [4.78, 5) is 16.9. The molecule has 0 atom stereocenters. The highest BCUT2D eigenvalue weighted by molar-refractivity contribution is 5.77. The number of fused-ring (bicyclic) bond motifs is 1. The number of hydrogen-bond acceptors (Lipinski definition) is 6. The third kappa shape index (κ3) is 3.01. The van der Waals surface area contributed by atoms with Crippen molar-refractivity contribution in [3.8, 4) is 5.88 Å².